The molecule has 2 N–H and O–H groups in total. The number of piperidine rings is 1. The smallest absolute Gasteiger partial charge is 0.270 e. The molecule has 1 amide bonds. The Kier molecular flexibility index (Phi) is 6.66. The van der Waals surface area contributed by atoms with Crippen molar-refractivity contribution in [1.82, 2.24) is 35.1 Å². The normalized spacial score (nSPS) is 15.8. The van der Waals surface area contributed by atoms with Gasteiger partial charge < -0.3 is 19.7 Å². The Hall–Kier alpha value is -3.83. The standard InChI is InChI=1S/C25H29N7O4/c1-15-19-5-4-17(12-21(19)31(2)29-15)23-28-25(36-30-23)16-7-10-32(11-8-16)22(33)14-27-24(34)20-13-18(35-3)6-9-26-20/h4-6,9,12-13,16,22,33H,7-8,10-11,14H2,1-3H3,(H,27,34). The van der Waals surface area contributed by atoms with Crippen LogP contribution in [0.15, 0.2) is 41.1 Å². The number of carbonyl (C=O) groups is 1. The molecule has 3 aromatic heterocycles. The van der Waals surface area contributed by atoms with Crippen molar-refractivity contribution >= 4 is 16.8 Å². The molecule has 0 bridgehead atoms. The van der Waals surface area contributed by atoms with Gasteiger partial charge in [0.1, 0.15) is 17.7 Å². The fraction of sp³-hybridized carbons (Fsp3) is 0.400. The number of nitrogens with zero attached hydrogens (tertiary/aromatic N) is 6. The van der Waals surface area contributed by atoms with E-state index < -0.39 is 6.23 Å². The summed E-state index contributed by atoms with van der Waals surface area (Å²) in [7, 11) is 3.45. The van der Waals surface area contributed by atoms with Crippen LogP contribution in [0.1, 0.15) is 40.8 Å². The van der Waals surface area contributed by atoms with E-state index in [9.17, 15) is 9.90 Å². The fourth-order valence-electron chi connectivity index (χ4n) is 4.61. The zero-order chi connectivity index (χ0) is 25.2. The molecule has 4 aromatic rings. The lowest BCUT2D eigenvalue weighted by Gasteiger charge is -2.33. The SMILES string of the molecule is COc1ccnc(C(=O)NCC(O)N2CCC(c3nc(-c4ccc5c(C)nn(C)c5c4)no3)CC2)c1. The van der Waals surface area contributed by atoms with Crippen LogP contribution in [0.3, 0.4) is 0 Å². The van der Waals surface area contributed by atoms with Gasteiger partial charge in [-0.15, -0.1) is 0 Å². The molecule has 0 radical (unpaired) electrons. The van der Waals surface area contributed by atoms with Crippen LogP contribution in [0.4, 0.5) is 0 Å². The van der Waals surface area contributed by atoms with Crippen LogP contribution in [0, 0.1) is 6.92 Å². The molecule has 0 aliphatic carbocycles. The third kappa shape index (κ3) is 4.79. The number of fused-ring (bicyclic) bond motifs is 1. The number of nitrogens with one attached hydrogen (secondary N) is 1. The molecule has 0 saturated carbocycles. The lowest BCUT2D eigenvalue weighted by molar-refractivity contribution is -0.0108. The Morgan fingerprint density at radius 2 is 2.08 bits per heavy atom. The van der Waals surface area contributed by atoms with Gasteiger partial charge in [0.25, 0.3) is 5.91 Å². The van der Waals surface area contributed by atoms with Gasteiger partial charge >= 0.3 is 0 Å². The maximum Gasteiger partial charge on any atom is 0.270 e. The molecule has 1 fully saturated rings. The number of methoxy groups -OCH3 is 1. The second-order valence-corrected chi connectivity index (χ2v) is 8.98. The van der Waals surface area contributed by atoms with Crippen LogP contribution in [0.5, 0.6) is 5.75 Å². The van der Waals surface area contributed by atoms with Gasteiger partial charge in [0.15, 0.2) is 0 Å². The van der Waals surface area contributed by atoms with Gasteiger partial charge in [-0.3, -0.25) is 19.4 Å². The van der Waals surface area contributed by atoms with Crippen LogP contribution in [-0.4, -0.2) is 73.8 Å². The zero-order valence-electron chi connectivity index (χ0n) is 20.5. The van der Waals surface area contributed by atoms with Crippen molar-refractivity contribution in [2.75, 3.05) is 26.7 Å². The largest absolute Gasteiger partial charge is 0.497 e. The summed E-state index contributed by atoms with van der Waals surface area (Å²) in [5.74, 6) is 1.48. The summed E-state index contributed by atoms with van der Waals surface area (Å²) in [5, 5.41) is 23.1. The topological polar surface area (TPSA) is 131 Å². The molecule has 11 heteroatoms. The molecular weight excluding hydrogens is 462 g/mol. The summed E-state index contributed by atoms with van der Waals surface area (Å²) in [6, 6.07) is 9.27. The van der Waals surface area contributed by atoms with Crippen LogP contribution < -0.4 is 10.1 Å². The lowest BCUT2D eigenvalue weighted by Crippen LogP contribution is -2.47. The number of aromatic nitrogens is 5. The predicted molar refractivity (Wildman–Crippen MR) is 131 cm³/mol. The molecule has 188 valence electrons. The Morgan fingerprint density at radius 1 is 1.28 bits per heavy atom. The fourth-order valence-corrected chi connectivity index (χ4v) is 4.61. The van der Waals surface area contributed by atoms with Gasteiger partial charge in [0, 0.05) is 49.3 Å². The lowest BCUT2D eigenvalue weighted by atomic mass is 9.96. The van der Waals surface area contributed by atoms with Crippen molar-refractivity contribution in [2.24, 2.45) is 7.05 Å². The summed E-state index contributed by atoms with van der Waals surface area (Å²) in [6.07, 6.45) is 2.25. The molecule has 1 atom stereocenters. The molecule has 4 heterocycles. The minimum absolute atomic E-state index is 0.100. The van der Waals surface area contributed by atoms with Gasteiger partial charge in [0.2, 0.25) is 11.7 Å². The van der Waals surface area contributed by atoms with E-state index in [-0.39, 0.29) is 24.1 Å². The van der Waals surface area contributed by atoms with Crippen molar-refractivity contribution in [3.63, 3.8) is 0 Å². The number of hydrogen-bond acceptors (Lipinski definition) is 9. The summed E-state index contributed by atoms with van der Waals surface area (Å²) in [5.41, 5.74) is 3.13. The highest BCUT2D eigenvalue weighted by atomic mass is 16.5. The molecule has 5 rings (SSSR count). The molecule has 1 aliphatic rings. The number of rotatable bonds is 7. The molecule has 1 saturated heterocycles. The van der Waals surface area contributed by atoms with E-state index in [1.807, 2.05) is 41.8 Å². The number of aliphatic hydroxyl groups excluding tert-OH is 1. The van der Waals surface area contributed by atoms with Gasteiger partial charge in [-0.25, -0.2) is 0 Å². The van der Waals surface area contributed by atoms with Crippen molar-refractivity contribution < 1.29 is 19.2 Å². The summed E-state index contributed by atoms with van der Waals surface area (Å²) in [6.45, 7) is 3.39. The van der Waals surface area contributed by atoms with Gasteiger partial charge in [-0.05, 0) is 31.9 Å². The number of benzene rings is 1. The number of hydrogen-bond donors (Lipinski definition) is 2. The Balaban J connectivity index is 1.16. The Morgan fingerprint density at radius 3 is 2.86 bits per heavy atom. The minimum atomic E-state index is -0.798. The van der Waals surface area contributed by atoms with Gasteiger partial charge in [-0.1, -0.05) is 17.3 Å². The first-order chi connectivity index (χ1) is 17.4. The number of aryl methyl sites for hydroxylation is 2. The van der Waals surface area contributed by atoms with E-state index in [0.717, 1.165) is 35.0 Å². The highest BCUT2D eigenvalue weighted by Gasteiger charge is 2.28. The maximum absolute atomic E-state index is 12.4. The first-order valence-corrected chi connectivity index (χ1v) is 11.9. The summed E-state index contributed by atoms with van der Waals surface area (Å²) < 4.78 is 12.6. The van der Waals surface area contributed by atoms with Crippen LogP contribution in [-0.2, 0) is 7.05 Å². The molecule has 1 aromatic carbocycles. The van der Waals surface area contributed by atoms with E-state index in [2.05, 4.69) is 25.5 Å². The van der Waals surface area contributed by atoms with Gasteiger partial charge in [-0.2, -0.15) is 10.1 Å². The number of pyridine rings is 1. The first kappa shape index (κ1) is 23.9. The molecular formula is C25H29N7O4. The number of amides is 1. The van der Waals surface area contributed by atoms with Crippen LogP contribution >= 0.6 is 0 Å². The Bertz CT molecular complexity index is 1370. The van der Waals surface area contributed by atoms with Crippen LogP contribution in [0.2, 0.25) is 0 Å². The highest BCUT2D eigenvalue weighted by molar-refractivity contribution is 5.92. The summed E-state index contributed by atoms with van der Waals surface area (Å²) in [4.78, 5) is 23.0. The zero-order valence-corrected chi connectivity index (χ0v) is 20.5. The third-order valence-corrected chi connectivity index (χ3v) is 6.68. The second kappa shape index (κ2) is 10.0. The van der Waals surface area contributed by atoms with E-state index in [4.69, 9.17) is 9.26 Å². The number of aliphatic hydroxyl groups is 1. The number of carbonyl (C=O) groups excluding carboxylic acids is 1. The van der Waals surface area contributed by atoms with Crippen molar-refractivity contribution in [2.45, 2.75) is 31.9 Å². The second-order valence-electron chi connectivity index (χ2n) is 8.98. The van der Waals surface area contributed by atoms with E-state index >= 15 is 0 Å². The average Bonchev–Trinajstić information content (AvgIpc) is 3.51. The quantitative estimate of drug-likeness (QED) is 0.400. The van der Waals surface area contributed by atoms with Gasteiger partial charge in [0.05, 0.1) is 24.9 Å². The number of ether oxygens (including phenoxy) is 1. The molecule has 0 spiro atoms. The third-order valence-electron chi connectivity index (χ3n) is 6.68. The van der Waals surface area contributed by atoms with Crippen LogP contribution in [0.25, 0.3) is 22.3 Å². The minimum Gasteiger partial charge on any atom is -0.497 e. The van der Waals surface area contributed by atoms with E-state index in [0.29, 0.717) is 30.6 Å². The van der Waals surface area contributed by atoms with E-state index in [1.54, 1.807) is 12.1 Å². The first-order valence-electron chi connectivity index (χ1n) is 11.9. The highest BCUT2D eigenvalue weighted by Crippen LogP contribution is 2.30. The maximum atomic E-state index is 12.4. The van der Waals surface area contributed by atoms with Crippen molar-refractivity contribution in [1.29, 1.82) is 0 Å². The van der Waals surface area contributed by atoms with Crippen molar-refractivity contribution in [3.8, 4) is 17.1 Å². The Labute approximate surface area is 208 Å². The molecule has 1 unspecified atom stereocenters. The van der Waals surface area contributed by atoms with Crippen molar-refractivity contribution in [3.05, 3.63) is 53.8 Å². The predicted octanol–water partition coefficient (Wildman–Crippen LogP) is 2.26. The molecule has 11 nitrogen and oxygen atoms in total. The number of likely N-dealkylation sites (tertiary alicyclic amines) is 1. The van der Waals surface area contributed by atoms with E-state index in [1.165, 1.54) is 13.3 Å². The monoisotopic (exact) mass is 491 g/mol. The average molecular weight is 492 g/mol. The molecule has 1 aliphatic heterocycles. The molecule has 36 heavy (non-hydrogen) atoms. The summed E-state index contributed by atoms with van der Waals surface area (Å²) >= 11 is 0.